The Kier molecular flexibility index (Phi) is 8.07. The van der Waals surface area contributed by atoms with Crippen LogP contribution in [0.15, 0.2) is 65.6 Å². The summed E-state index contributed by atoms with van der Waals surface area (Å²) < 4.78 is 34.8. The average Bonchev–Trinajstić information content (AvgIpc) is 2.78. The van der Waals surface area contributed by atoms with E-state index in [0.717, 1.165) is 31.7 Å². The first-order valence-electron chi connectivity index (χ1n) is 10.6. The third kappa shape index (κ3) is 6.29. The van der Waals surface area contributed by atoms with E-state index in [9.17, 15) is 8.42 Å². The Bertz CT molecular complexity index is 1100. The number of aryl methyl sites for hydroxylation is 2. The van der Waals surface area contributed by atoms with Crippen LogP contribution in [0.25, 0.3) is 10.8 Å². The van der Waals surface area contributed by atoms with Crippen LogP contribution < -0.4 is 4.74 Å². The third-order valence-corrected chi connectivity index (χ3v) is 6.81. The van der Waals surface area contributed by atoms with Crippen LogP contribution in [0.3, 0.4) is 0 Å². The van der Waals surface area contributed by atoms with Crippen LogP contribution >= 0.6 is 0 Å². The molecule has 0 aromatic heterocycles. The monoisotopic (exact) mass is 441 g/mol. The summed E-state index contributed by atoms with van der Waals surface area (Å²) in [6.07, 6.45) is 2.71. The summed E-state index contributed by atoms with van der Waals surface area (Å²) >= 11 is 0. The van der Waals surface area contributed by atoms with Gasteiger partial charge in [-0.3, -0.25) is 4.18 Å². The van der Waals surface area contributed by atoms with Crippen LogP contribution in [0.4, 0.5) is 0 Å². The number of nitrogens with zero attached hydrogens (tertiary/aromatic N) is 1. The SMILES string of the molecule is COc1ccc2cc(CCCN(C)CCCOS(=O)(=O)c3ccccc3)ccc2c1C. The van der Waals surface area contributed by atoms with Crippen molar-refractivity contribution in [3.8, 4) is 5.75 Å². The summed E-state index contributed by atoms with van der Waals surface area (Å²) in [6, 6.07) is 19.0. The molecule has 166 valence electrons. The van der Waals surface area contributed by atoms with Gasteiger partial charge in [0.1, 0.15) is 5.75 Å². The highest BCUT2D eigenvalue weighted by Crippen LogP contribution is 2.28. The molecular formula is C25H31NO4S. The molecule has 0 atom stereocenters. The molecule has 0 radical (unpaired) electrons. The number of fused-ring (bicyclic) bond motifs is 1. The Labute approximate surface area is 185 Å². The summed E-state index contributed by atoms with van der Waals surface area (Å²) in [7, 11) is 0.0958. The molecule has 0 aliphatic heterocycles. The molecule has 0 saturated heterocycles. The first-order chi connectivity index (χ1) is 14.9. The highest BCUT2D eigenvalue weighted by Gasteiger charge is 2.14. The van der Waals surface area contributed by atoms with E-state index in [1.165, 1.54) is 21.9 Å². The van der Waals surface area contributed by atoms with E-state index >= 15 is 0 Å². The van der Waals surface area contributed by atoms with Crippen LogP contribution in [0.1, 0.15) is 24.0 Å². The molecule has 3 aromatic rings. The van der Waals surface area contributed by atoms with Crippen LogP contribution in [0.5, 0.6) is 5.75 Å². The molecule has 3 rings (SSSR count). The Morgan fingerprint density at radius 3 is 2.42 bits per heavy atom. The smallest absolute Gasteiger partial charge is 0.296 e. The van der Waals surface area contributed by atoms with Crippen LogP contribution in [0.2, 0.25) is 0 Å². The summed E-state index contributed by atoms with van der Waals surface area (Å²) in [5.41, 5.74) is 2.49. The fourth-order valence-corrected chi connectivity index (χ4v) is 4.68. The quantitative estimate of drug-likeness (QED) is 0.315. The van der Waals surface area contributed by atoms with E-state index in [2.05, 4.69) is 43.1 Å². The lowest BCUT2D eigenvalue weighted by Gasteiger charge is -2.16. The topological polar surface area (TPSA) is 55.8 Å². The van der Waals surface area contributed by atoms with Gasteiger partial charge in [0.05, 0.1) is 18.6 Å². The van der Waals surface area contributed by atoms with Gasteiger partial charge in [-0.2, -0.15) is 8.42 Å². The number of benzene rings is 3. The van der Waals surface area contributed by atoms with Gasteiger partial charge in [0.25, 0.3) is 10.1 Å². The van der Waals surface area contributed by atoms with Crippen molar-refractivity contribution < 1.29 is 17.3 Å². The van der Waals surface area contributed by atoms with Crippen LogP contribution in [0, 0.1) is 6.92 Å². The summed E-state index contributed by atoms with van der Waals surface area (Å²) in [6.45, 7) is 4.02. The lowest BCUT2D eigenvalue weighted by molar-refractivity contribution is 0.264. The van der Waals surface area contributed by atoms with Crippen molar-refractivity contribution in [1.82, 2.24) is 4.90 Å². The molecule has 0 amide bonds. The predicted molar refractivity (Wildman–Crippen MR) is 125 cm³/mol. The van der Waals surface area contributed by atoms with Crippen molar-refractivity contribution in [1.29, 1.82) is 0 Å². The zero-order valence-electron chi connectivity index (χ0n) is 18.5. The minimum Gasteiger partial charge on any atom is -0.496 e. The second-order valence-electron chi connectivity index (χ2n) is 7.80. The standard InChI is InChI=1S/C25H31NO4S/c1-20-24-14-12-21(19-22(24)13-15-25(20)29-3)9-7-16-26(2)17-8-18-30-31(27,28)23-10-5-4-6-11-23/h4-6,10-15,19H,7-9,16-18H2,1-3H3. The third-order valence-electron chi connectivity index (χ3n) is 5.48. The largest absolute Gasteiger partial charge is 0.496 e. The molecule has 0 spiro atoms. The molecule has 0 N–H and O–H groups in total. The van der Waals surface area contributed by atoms with Crippen LogP contribution in [-0.4, -0.2) is 47.2 Å². The van der Waals surface area contributed by atoms with E-state index in [4.69, 9.17) is 8.92 Å². The molecule has 0 aliphatic carbocycles. The lowest BCUT2D eigenvalue weighted by atomic mass is 10.00. The van der Waals surface area contributed by atoms with E-state index in [1.54, 1.807) is 37.4 Å². The molecular weight excluding hydrogens is 410 g/mol. The Morgan fingerprint density at radius 1 is 0.935 bits per heavy atom. The number of ether oxygens (including phenoxy) is 1. The molecule has 0 bridgehead atoms. The van der Waals surface area contributed by atoms with Gasteiger partial charge >= 0.3 is 0 Å². The molecule has 0 unspecified atom stereocenters. The second kappa shape index (κ2) is 10.8. The Hall–Kier alpha value is -2.41. The van der Waals surface area contributed by atoms with Gasteiger partial charge in [-0.25, -0.2) is 0 Å². The van der Waals surface area contributed by atoms with Gasteiger partial charge in [0, 0.05) is 6.54 Å². The summed E-state index contributed by atoms with van der Waals surface area (Å²) in [5.74, 6) is 0.919. The minimum atomic E-state index is -3.66. The number of rotatable bonds is 11. The molecule has 0 saturated carbocycles. The molecule has 0 heterocycles. The van der Waals surface area contributed by atoms with Crippen molar-refractivity contribution >= 4 is 20.9 Å². The van der Waals surface area contributed by atoms with E-state index in [0.29, 0.717) is 6.42 Å². The van der Waals surface area contributed by atoms with Gasteiger partial charge in [0.15, 0.2) is 0 Å². The maximum Gasteiger partial charge on any atom is 0.296 e. The van der Waals surface area contributed by atoms with Crippen molar-refractivity contribution in [3.63, 3.8) is 0 Å². The number of hydrogen-bond acceptors (Lipinski definition) is 5. The maximum absolute atomic E-state index is 12.1. The minimum absolute atomic E-state index is 0.190. The van der Waals surface area contributed by atoms with E-state index in [-0.39, 0.29) is 11.5 Å². The van der Waals surface area contributed by atoms with Crippen LogP contribution in [-0.2, 0) is 20.7 Å². The van der Waals surface area contributed by atoms with Gasteiger partial charge in [-0.1, -0.05) is 42.5 Å². The van der Waals surface area contributed by atoms with E-state index < -0.39 is 10.1 Å². The predicted octanol–water partition coefficient (Wildman–Crippen LogP) is 4.82. The highest BCUT2D eigenvalue weighted by atomic mass is 32.2. The Morgan fingerprint density at radius 2 is 1.68 bits per heavy atom. The molecule has 5 nitrogen and oxygen atoms in total. The van der Waals surface area contributed by atoms with Crippen molar-refractivity contribution in [2.24, 2.45) is 0 Å². The first-order valence-corrected chi connectivity index (χ1v) is 12.0. The van der Waals surface area contributed by atoms with Gasteiger partial charge in [0.2, 0.25) is 0 Å². The molecule has 0 aliphatic rings. The molecule has 3 aromatic carbocycles. The normalized spacial score (nSPS) is 11.9. The number of methoxy groups -OCH3 is 1. The molecule has 31 heavy (non-hydrogen) atoms. The summed E-state index contributed by atoms with van der Waals surface area (Å²) in [4.78, 5) is 2.42. The second-order valence-corrected chi connectivity index (χ2v) is 9.41. The van der Waals surface area contributed by atoms with Crippen molar-refractivity contribution in [2.75, 3.05) is 33.9 Å². The summed E-state index contributed by atoms with van der Waals surface area (Å²) in [5, 5.41) is 2.46. The maximum atomic E-state index is 12.1. The zero-order chi connectivity index (χ0) is 22.3. The van der Waals surface area contributed by atoms with Crippen molar-refractivity contribution in [3.05, 3.63) is 71.8 Å². The van der Waals surface area contributed by atoms with Gasteiger partial charge < -0.3 is 9.64 Å². The van der Waals surface area contributed by atoms with E-state index in [1.807, 2.05) is 6.07 Å². The van der Waals surface area contributed by atoms with Gasteiger partial charge in [-0.15, -0.1) is 0 Å². The highest BCUT2D eigenvalue weighted by molar-refractivity contribution is 7.86. The first kappa shape index (κ1) is 23.3. The molecule has 6 heteroatoms. The fraction of sp³-hybridized carbons (Fsp3) is 0.360. The Balaban J connectivity index is 1.40. The lowest BCUT2D eigenvalue weighted by Crippen LogP contribution is -2.23. The average molecular weight is 442 g/mol. The van der Waals surface area contributed by atoms with Gasteiger partial charge in [-0.05, 0) is 79.9 Å². The molecule has 0 fully saturated rings. The van der Waals surface area contributed by atoms with Crippen molar-refractivity contribution in [2.45, 2.75) is 31.1 Å². The zero-order valence-corrected chi connectivity index (χ0v) is 19.3. The number of hydrogen-bond donors (Lipinski definition) is 0. The fourth-order valence-electron chi connectivity index (χ4n) is 3.71.